The molecule has 1 N–H and O–H groups in total. The van der Waals surface area contributed by atoms with Crippen LogP contribution in [-0.4, -0.2) is 36.0 Å². The summed E-state index contributed by atoms with van der Waals surface area (Å²) in [5.41, 5.74) is 3.20. The van der Waals surface area contributed by atoms with E-state index >= 15 is 0 Å². The van der Waals surface area contributed by atoms with Gasteiger partial charge in [-0.3, -0.25) is 24.5 Å². The summed E-state index contributed by atoms with van der Waals surface area (Å²) in [6.45, 7) is 10.4. The van der Waals surface area contributed by atoms with Gasteiger partial charge in [-0.25, -0.2) is 0 Å². The minimum atomic E-state index is -0.351. The number of nitrogens with one attached hydrogen (secondary N) is 1. The lowest BCUT2D eigenvalue weighted by molar-refractivity contribution is -0.384. The van der Waals surface area contributed by atoms with Crippen molar-refractivity contribution in [1.29, 1.82) is 0 Å². The number of carbonyl (C=O) groups is 3. The first-order valence-electron chi connectivity index (χ1n) is 17.3. The number of amides is 1. The number of esters is 2. The molecular formula is C36H44N2O7. The van der Waals surface area contributed by atoms with Crippen molar-refractivity contribution >= 4 is 29.2 Å². The molecule has 0 heterocycles. The van der Waals surface area contributed by atoms with E-state index < -0.39 is 0 Å². The number of ether oxygens (including phenoxy) is 2. The van der Waals surface area contributed by atoms with Gasteiger partial charge in [0.1, 0.15) is 5.69 Å². The Bertz CT molecular complexity index is 1570. The first kappa shape index (κ1) is 28.3. The Balaban J connectivity index is 1.07. The van der Waals surface area contributed by atoms with Crippen molar-refractivity contribution in [1.82, 2.24) is 0 Å². The lowest BCUT2D eigenvalue weighted by atomic mass is 9.18. The maximum Gasteiger partial charge on any atom is 0.302 e. The van der Waals surface area contributed by atoms with Crippen molar-refractivity contribution in [2.75, 3.05) is 18.5 Å². The molecule has 9 aliphatic rings. The maximum absolute atomic E-state index is 12.1. The number of fused-ring (bicyclic) bond motifs is 20. The van der Waals surface area contributed by atoms with Gasteiger partial charge in [0.05, 0.1) is 18.1 Å². The summed E-state index contributed by atoms with van der Waals surface area (Å²) < 4.78 is 11.4. The van der Waals surface area contributed by atoms with E-state index in [-0.39, 0.29) is 51.1 Å². The van der Waals surface area contributed by atoms with Crippen LogP contribution in [0, 0.1) is 92.0 Å². The number of hydrogen-bond acceptors (Lipinski definition) is 7. The monoisotopic (exact) mass is 616 g/mol. The van der Waals surface area contributed by atoms with Gasteiger partial charge < -0.3 is 14.8 Å². The number of rotatable bonds is 6. The molecule has 1 aromatic carbocycles. The fourth-order valence-corrected chi connectivity index (χ4v) is 15.4. The second kappa shape index (κ2) is 8.88. The second-order valence-corrected chi connectivity index (χ2v) is 16.6. The Hall–Kier alpha value is -2.97. The molecule has 9 nitrogen and oxygen atoms in total. The predicted octanol–water partition coefficient (Wildman–Crippen LogP) is 5.92. The molecule has 0 radical (unpaired) electrons. The average molecular weight is 617 g/mol. The summed E-state index contributed by atoms with van der Waals surface area (Å²) in [5, 5.41) is 14.8. The van der Waals surface area contributed by atoms with Crippen LogP contribution in [0.3, 0.4) is 0 Å². The van der Waals surface area contributed by atoms with E-state index in [9.17, 15) is 24.5 Å². The summed E-state index contributed by atoms with van der Waals surface area (Å²) in [4.78, 5) is 47.5. The lowest BCUT2D eigenvalue weighted by Crippen LogP contribution is -2.81. The van der Waals surface area contributed by atoms with E-state index in [0.29, 0.717) is 89.9 Å². The number of carbonyl (C=O) groups excluding carboxylic acids is 3. The van der Waals surface area contributed by atoms with E-state index in [1.807, 2.05) is 6.07 Å². The molecule has 0 saturated heterocycles. The van der Waals surface area contributed by atoms with Gasteiger partial charge in [-0.1, -0.05) is 13.8 Å². The quantitative estimate of drug-likeness (QED) is 0.182. The maximum atomic E-state index is 12.1. The highest BCUT2D eigenvalue weighted by Gasteiger charge is 2.90. The molecule has 1 amide bonds. The molecular weight excluding hydrogens is 572 g/mol. The molecule has 45 heavy (non-hydrogen) atoms. The van der Waals surface area contributed by atoms with Crippen LogP contribution in [0.25, 0.3) is 0 Å². The summed E-state index contributed by atoms with van der Waals surface area (Å²) in [6.07, 6.45) is 4.72. The Morgan fingerprint density at radius 2 is 1.29 bits per heavy atom. The van der Waals surface area contributed by atoms with Crippen molar-refractivity contribution in [2.24, 2.45) is 81.8 Å². The molecule has 16 atom stereocenters. The standard InChI is InChI=1S/C36H44N2O7/c1-14(39)37-27-10-19-20(11-28(27)38(42)43)22-8-21(19)31-32(22)36(5)34-24-9-23(33(34)35(31,36)4)29-17-6-7-18(30(24)29)26(13-45-16(3)41)25(17)12-44-15(2)40/h10-11,17-18,21-26,29-34H,6-9,12-13H2,1-5H3,(H,37,39)/t17-,18+,21+,22-,23-,24+,25-,26-,29+,30-,31+,32-,33-,34+,35+,36-/m1/s1. The molecule has 1 aromatic rings. The van der Waals surface area contributed by atoms with E-state index in [0.717, 1.165) is 12.0 Å². The SMILES string of the molecule is CC(=O)Nc1cc2c(cc1[N+](=O)[O-])[C@H]1C[C@@H]2[C@H]2[C@@H]1[C@]1(C)[C@H]3[C@H]4C[C@H]([C@@H]5[C@@H]6CC[C@@H]([C@@H](COC(C)=O)[C@@H]6COC(C)=O)[C@H]45)[C@H]3[C@]21C. The smallest absolute Gasteiger partial charge is 0.302 e. The van der Waals surface area contributed by atoms with Gasteiger partial charge in [0.15, 0.2) is 0 Å². The third-order valence-corrected chi connectivity index (χ3v) is 15.9. The minimum Gasteiger partial charge on any atom is -0.466 e. The molecule has 6 bridgehead atoms. The first-order valence-corrected chi connectivity index (χ1v) is 17.3. The van der Waals surface area contributed by atoms with Gasteiger partial charge in [0.2, 0.25) is 5.91 Å². The molecule has 9 aliphatic carbocycles. The van der Waals surface area contributed by atoms with Crippen LogP contribution in [0.4, 0.5) is 11.4 Å². The minimum absolute atomic E-state index is 0.00917. The first-order chi connectivity index (χ1) is 21.4. The zero-order valence-electron chi connectivity index (χ0n) is 26.8. The average Bonchev–Trinajstić information content (AvgIpc) is 3.74. The van der Waals surface area contributed by atoms with Gasteiger partial charge in [0, 0.05) is 38.7 Å². The molecule has 0 spiro atoms. The molecule has 0 aromatic heterocycles. The lowest BCUT2D eigenvalue weighted by Gasteiger charge is -2.85. The number of nitrogens with zero attached hydrogens (tertiary/aromatic N) is 1. The number of nitro benzene ring substituents is 1. The highest BCUT2D eigenvalue weighted by molar-refractivity contribution is 5.92. The summed E-state index contributed by atoms with van der Waals surface area (Å²) >= 11 is 0. The van der Waals surface area contributed by atoms with Gasteiger partial charge in [-0.05, 0) is 125 Å². The second-order valence-electron chi connectivity index (χ2n) is 16.6. The zero-order valence-corrected chi connectivity index (χ0v) is 26.8. The largest absolute Gasteiger partial charge is 0.466 e. The topological polar surface area (TPSA) is 125 Å². The predicted molar refractivity (Wildman–Crippen MR) is 163 cm³/mol. The van der Waals surface area contributed by atoms with Crippen LogP contribution >= 0.6 is 0 Å². The van der Waals surface area contributed by atoms with Gasteiger partial charge in [0.25, 0.3) is 5.69 Å². The Kier molecular flexibility index (Phi) is 5.58. The van der Waals surface area contributed by atoms with E-state index in [2.05, 4.69) is 19.2 Å². The highest BCUT2D eigenvalue weighted by atomic mass is 16.6. The van der Waals surface area contributed by atoms with Crippen LogP contribution in [0.2, 0.25) is 0 Å². The van der Waals surface area contributed by atoms with Crippen molar-refractivity contribution in [2.45, 2.75) is 72.1 Å². The fraction of sp³-hybridized carbons (Fsp3) is 0.750. The van der Waals surface area contributed by atoms with E-state index in [1.54, 1.807) is 6.07 Å². The Labute approximate surface area is 263 Å². The van der Waals surface area contributed by atoms with E-state index in [1.165, 1.54) is 45.6 Å². The zero-order chi connectivity index (χ0) is 31.5. The van der Waals surface area contributed by atoms with Crippen LogP contribution in [0.15, 0.2) is 12.1 Å². The number of anilines is 1. The van der Waals surface area contributed by atoms with Crippen molar-refractivity contribution in [3.8, 4) is 0 Å². The van der Waals surface area contributed by atoms with Crippen LogP contribution < -0.4 is 5.32 Å². The van der Waals surface area contributed by atoms with Gasteiger partial charge in [-0.15, -0.1) is 0 Å². The molecule has 10 rings (SSSR count). The van der Waals surface area contributed by atoms with Crippen molar-refractivity contribution in [3.05, 3.63) is 33.4 Å². The normalized spacial score (nSPS) is 49.4. The molecule has 0 aliphatic heterocycles. The van der Waals surface area contributed by atoms with Crippen molar-refractivity contribution < 1.29 is 28.8 Å². The Morgan fingerprint density at radius 3 is 1.73 bits per heavy atom. The summed E-state index contributed by atoms with van der Waals surface area (Å²) in [5.74, 6) is 6.67. The molecule has 8 fully saturated rings. The molecule has 0 unspecified atom stereocenters. The molecule has 240 valence electrons. The highest BCUT2D eigenvalue weighted by Crippen LogP contribution is 2.95. The molecule has 9 heteroatoms. The number of nitro groups is 1. The van der Waals surface area contributed by atoms with Crippen LogP contribution in [0.1, 0.15) is 83.3 Å². The third kappa shape index (κ3) is 3.14. The molecule has 8 saturated carbocycles. The van der Waals surface area contributed by atoms with Gasteiger partial charge >= 0.3 is 11.9 Å². The van der Waals surface area contributed by atoms with Crippen LogP contribution in [-0.2, 0) is 23.9 Å². The van der Waals surface area contributed by atoms with Gasteiger partial charge in [-0.2, -0.15) is 0 Å². The third-order valence-electron chi connectivity index (χ3n) is 15.9. The Morgan fingerprint density at radius 1 is 0.800 bits per heavy atom. The fourth-order valence-electron chi connectivity index (χ4n) is 15.4. The number of benzene rings is 1. The van der Waals surface area contributed by atoms with Crippen molar-refractivity contribution in [3.63, 3.8) is 0 Å². The summed E-state index contributed by atoms with van der Waals surface area (Å²) in [7, 11) is 0. The summed E-state index contributed by atoms with van der Waals surface area (Å²) in [6, 6.07) is 3.72. The number of hydrogen-bond donors (Lipinski definition) is 1. The van der Waals surface area contributed by atoms with E-state index in [4.69, 9.17) is 9.47 Å². The van der Waals surface area contributed by atoms with Crippen LogP contribution in [0.5, 0.6) is 0 Å².